The van der Waals surface area contributed by atoms with Gasteiger partial charge in [0, 0.05) is 24.6 Å². The number of hydrogen-bond acceptors (Lipinski definition) is 5. The van der Waals surface area contributed by atoms with Crippen molar-refractivity contribution in [2.24, 2.45) is 0 Å². The molecule has 24 heavy (non-hydrogen) atoms. The van der Waals surface area contributed by atoms with Gasteiger partial charge in [0.05, 0.1) is 0 Å². The van der Waals surface area contributed by atoms with Gasteiger partial charge in [0.15, 0.2) is 0 Å². The Balaban J connectivity index is 1.88. The smallest absolute Gasteiger partial charge is 0.250 e. The van der Waals surface area contributed by atoms with Gasteiger partial charge in [0.1, 0.15) is 6.04 Å². The second-order valence-electron chi connectivity index (χ2n) is 5.74. The van der Waals surface area contributed by atoms with Gasteiger partial charge in [-0.05, 0) is 59.2 Å². The van der Waals surface area contributed by atoms with Crippen LogP contribution in [0.1, 0.15) is 25.5 Å². The van der Waals surface area contributed by atoms with Crippen LogP contribution in [0.5, 0.6) is 0 Å². The van der Waals surface area contributed by atoms with Crippen molar-refractivity contribution in [3.8, 4) is 11.1 Å². The quantitative estimate of drug-likeness (QED) is 0.743. The fourth-order valence-electron chi connectivity index (χ4n) is 3.26. The molecule has 3 heterocycles. The van der Waals surface area contributed by atoms with E-state index in [4.69, 9.17) is 0 Å². The fourth-order valence-corrected chi connectivity index (χ4v) is 3.26. The summed E-state index contributed by atoms with van der Waals surface area (Å²) >= 11 is 0. The molecule has 0 saturated carbocycles. The second-order valence-corrected chi connectivity index (χ2v) is 5.74. The predicted octanol–water partition coefficient (Wildman–Crippen LogP) is 3.07. The average molecular weight is 318 g/mol. The summed E-state index contributed by atoms with van der Waals surface area (Å²) in [6, 6.07) is 12.4. The maximum atomic E-state index is 4.24. The monoisotopic (exact) mass is 318 g/mol. The van der Waals surface area contributed by atoms with Crippen LogP contribution in [-0.2, 0) is 0 Å². The van der Waals surface area contributed by atoms with E-state index >= 15 is 0 Å². The van der Waals surface area contributed by atoms with Gasteiger partial charge in [-0.15, -0.1) is 0 Å². The predicted molar refractivity (Wildman–Crippen MR) is 92.4 cm³/mol. The number of anilines is 1. The summed E-state index contributed by atoms with van der Waals surface area (Å²) in [6.45, 7) is 5.03. The van der Waals surface area contributed by atoms with Crippen LogP contribution < -0.4 is 4.90 Å². The molecule has 3 aromatic rings. The Morgan fingerprint density at radius 3 is 2.67 bits per heavy atom. The molecule has 120 valence electrons. The van der Waals surface area contributed by atoms with E-state index in [1.807, 2.05) is 29.2 Å². The second kappa shape index (κ2) is 5.88. The molecule has 0 saturated heterocycles. The molecule has 1 atom stereocenters. The molecule has 0 amide bonds. The first kappa shape index (κ1) is 14.6. The van der Waals surface area contributed by atoms with Crippen LogP contribution in [0.3, 0.4) is 0 Å². The summed E-state index contributed by atoms with van der Waals surface area (Å²) in [7, 11) is 0. The average Bonchev–Trinajstić information content (AvgIpc) is 3.11. The van der Waals surface area contributed by atoms with Crippen LogP contribution in [0, 0.1) is 0 Å². The molecule has 1 aromatic carbocycles. The Hall–Kier alpha value is -3.02. The van der Waals surface area contributed by atoms with Crippen molar-refractivity contribution in [3.05, 3.63) is 66.1 Å². The van der Waals surface area contributed by atoms with E-state index in [1.165, 1.54) is 11.1 Å². The molecule has 0 fully saturated rings. The largest absolute Gasteiger partial charge is 0.314 e. The Bertz CT molecular complexity index is 883. The van der Waals surface area contributed by atoms with Crippen molar-refractivity contribution in [3.63, 3.8) is 0 Å². The van der Waals surface area contributed by atoms with E-state index < -0.39 is 0 Å². The van der Waals surface area contributed by atoms with Crippen molar-refractivity contribution in [2.45, 2.75) is 19.9 Å². The van der Waals surface area contributed by atoms with Crippen molar-refractivity contribution in [1.29, 1.82) is 0 Å². The molecule has 0 bridgehead atoms. The number of fused-ring (bicyclic) bond motifs is 1. The summed E-state index contributed by atoms with van der Waals surface area (Å²) in [5, 5.41) is 12.3. The number of benzene rings is 1. The van der Waals surface area contributed by atoms with Crippen molar-refractivity contribution >= 4 is 5.95 Å². The third kappa shape index (κ3) is 2.27. The molecule has 6 heteroatoms. The standard InChI is InChI=1S/C18H18N6/c1-3-23-13(2)12-17(24-18(23)20-21-22-24)16-7-5-4-6-15(16)14-8-10-19-11-9-14/h4-12,17H,3H2,1-2H3. The van der Waals surface area contributed by atoms with Crippen molar-refractivity contribution < 1.29 is 0 Å². The molecular weight excluding hydrogens is 300 g/mol. The van der Waals surface area contributed by atoms with Crippen LogP contribution in [0.25, 0.3) is 11.1 Å². The Morgan fingerprint density at radius 2 is 1.88 bits per heavy atom. The molecule has 0 radical (unpaired) electrons. The lowest BCUT2D eigenvalue weighted by Crippen LogP contribution is -2.31. The third-order valence-corrected chi connectivity index (χ3v) is 4.39. The first-order valence-electron chi connectivity index (χ1n) is 8.02. The topological polar surface area (TPSA) is 59.7 Å². The summed E-state index contributed by atoms with van der Waals surface area (Å²) in [5.41, 5.74) is 4.64. The molecule has 2 aromatic heterocycles. The van der Waals surface area contributed by atoms with Gasteiger partial charge in [-0.2, -0.15) is 4.68 Å². The molecular formula is C18H18N6. The number of pyridine rings is 1. The minimum Gasteiger partial charge on any atom is -0.314 e. The zero-order valence-corrected chi connectivity index (χ0v) is 13.7. The first-order valence-corrected chi connectivity index (χ1v) is 8.02. The minimum atomic E-state index is -0.0258. The maximum Gasteiger partial charge on any atom is 0.250 e. The van der Waals surface area contributed by atoms with Crippen LogP contribution in [0.15, 0.2) is 60.6 Å². The number of nitrogens with zero attached hydrogens (tertiary/aromatic N) is 6. The molecule has 0 aliphatic carbocycles. The van der Waals surface area contributed by atoms with Gasteiger partial charge in [-0.3, -0.25) is 4.98 Å². The Labute approximate surface area is 140 Å². The minimum absolute atomic E-state index is 0.0258. The van der Waals surface area contributed by atoms with Crippen LogP contribution in [0.4, 0.5) is 5.95 Å². The summed E-state index contributed by atoms with van der Waals surface area (Å²) in [6.07, 6.45) is 5.84. The van der Waals surface area contributed by atoms with Gasteiger partial charge >= 0.3 is 0 Å². The number of allylic oxidation sites excluding steroid dienone is 2. The summed E-state index contributed by atoms with van der Waals surface area (Å²) < 4.78 is 1.89. The highest BCUT2D eigenvalue weighted by molar-refractivity contribution is 5.68. The van der Waals surface area contributed by atoms with E-state index in [2.05, 4.69) is 69.6 Å². The number of hydrogen-bond donors (Lipinski definition) is 0. The van der Waals surface area contributed by atoms with E-state index in [-0.39, 0.29) is 6.04 Å². The van der Waals surface area contributed by atoms with Gasteiger partial charge in [0.25, 0.3) is 5.95 Å². The molecule has 1 aliphatic rings. The molecule has 1 aliphatic heterocycles. The highest BCUT2D eigenvalue weighted by atomic mass is 15.6. The van der Waals surface area contributed by atoms with Crippen LogP contribution in [-0.4, -0.2) is 31.7 Å². The first-order chi connectivity index (χ1) is 11.8. The Morgan fingerprint density at radius 1 is 1.08 bits per heavy atom. The fraction of sp³-hybridized carbons (Fsp3) is 0.222. The zero-order valence-electron chi connectivity index (χ0n) is 13.7. The van der Waals surface area contributed by atoms with E-state index in [0.717, 1.165) is 23.8 Å². The van der Waals surface area contributed by atoms with Gasteiger partial charge in [-0.25, -0.2) is 0 Å². The van der Waals surface area contributed by atoms with E-state index in [0.29, 0.717) is 0 Å². The third-order valence-electron chi connectivity index (χ3n) is 4.39. The van der Waals surface area contributed by atoms with Crippen LogP contribution >= 0.6 is 0 Å². The number of aromatic nitrogens is 5. The maximum absolute atomic E-state index is 4.24. The van der Waals surface area contributed by atoms with Crippen molar-refractivity contribution in [1.82, 2.24) is 25.2 Å². The number of rotatable bonds is 3. The van der Waals surface area contributed by atoms with E-state index in [9.17, 15) is 0 Å². The molecule has 4 rings (SSSR count). The van der Waals surface area contributed by atoms with Gasteiger partial charge in [-0.1, -0.05) is 29.4 Å². The van der Waals surface area contributed by atoms with Crippen LogP contribution in [0.2, 0.25) is 0 Å². The van der Waals surface area contributed by atoms with Gasteiger partial charge < -0.3 is 4.90 Å². The summed E-state index contributed by atoms with van der Waals surface area (Å²) in [4.78, 5) is 6.23. The SMILES string of the molecule is CCN1C(C)=CC(c2ccccc2-c2ccncc2)n2nnnc21. The lowest BCUT2D eigenvalue weighted by Gasteiger charge is -2.31. The van der Waals surface area contributed by atoms with E-state index in [1.54, 1.807) is 0 Å². The zero-order chi connectivity index (χ0) is 16.5. The molecule has 0 spiro atoms. The molecule has 0 N–H and O–H groups in total. The number of tetrazole rings is 1. The normalized spacial score (nSPS) is 16.7. The Kier molecular flexibility index (Phi) is 3.57. The lowest BCUT2D eigenvalue weighted by molar-refractivity contribution is 0.562. The highest BCUT2D eigenvalue weighted by Crippen LogP contribution is 2.36. The summed E-state index contributed by atoms with van der Waals surface area (Å²) in [5.74, 6) is 0.784. The lowest BCUT2D eigenvalue weighted by atomic mass is 9.94. The molecule has 6 nitrogen and oxygen atoms in total. The van der Waals surface area contributed by atoms with Gasteiger partial charge in [0.2, 0.25) is 0 Å². The molecule has 1 unspecified atom stereocenters. The van der Waals surface area contributed by atoms with Crippen molar-refractivity contribution in [2.75, 3.05) is 11.4 Å². The highest BCUT2D eigenvalue weighted by Gasteiger charge is 2.28.